The second-order valence-corrected chi connectivity index (χ2v) is 6.84. The van der Waals surface area contributed by atoms with Gasteiger partial charge in [0.05, 0.1) is 0 Å². The van der Waals surface area contributed by atoms with Crippen LogP contribution in [0.3, 0.4) is 0 Å². The van der Waals surface area contributed by atoms with Gasteiger partial charge in [-0.05, 0) is 50.1 Å². The summed E-state index contributed by atoms with van der Waals surface area (Å²) in [5.74, 6) is -0.280. The molecule has 2 aromatic heterocycles. The molecule has 3 aromatic rings. The van der Waals surface area contributed by atoms with Crippen LogP contribution in [0, 0.1) is 6.92 Å². The number of hydrogen-bond donors (Lipinski definition) is 1. The minimum Gasteiger partial charge on any atom is -0.306 e. The topological polar surface area (TPSA) is 81.1 Å². The fourth-order valence-electron chi connectivity index (χ4n) is 3.44. The molecule has 1 aromatic carbocycles. The third-order valence-corrected chi connectivity index (χ3v) is 4.86. The zero-order chi connectivity index (χ0) is 19.7. The number of nitrogens with one attached hydrogen (secondary N) is 1. The number of nitrogens with zero attached hydrogens (tertiary/aromatic N) is 2. The normalized spacial score (nSPS) is 13.1. The Morgan fingerprint density at radius 1 is 1.07 bits per heavy atom. The van der Waals surface area contributed by atoms with Crippen molar-refractivity contribution < 1.29 is 9.59 Å². The smallest absolute Gasteiger partial charge is 0.268 e. The van der Waals surface area contributed by atoms with Crippen molar-refractivity contribution >= 4 is 17.5 Å². The summed E-state index contributed by atoms with van der Waals surface area (Å²) in [7, 11) is 0. The Balaban J connectivity index is 1.88. The van der Waals surface area contributed by atoms with Crippen LogP contribution in [-0.2, 0) is 6.42 Å². The first-order valence-electron chi connectivity index (χ1n) is 9.16. The van der Waals surface area contributed by atoms with E-state index in [4.69, 9.17) is 0 Å². The van der Waals surface area contributed by atoms with Crippen LogP contribution in [0.1, 0.15) is 44.8 Å². The van der Waals surface area contributed by atoms with Crippen molar-refractivity contribution in [1.29, 1.82) is 0 Å². The van der Waals surface area contributed by atoms with Crippen molar-refractivity contribution in [3.8, 4) is 5.69 Å². The van der Waals surface area contributed by atoms with Gasteiger partial charge in [0.25, 0.3) is 11.5 Å². The molecule has 0 fully saturated rings. The number of rotatable bonds is 3. The molecule has 28 heavy (non-hydrogen) atoms. The number of anilines is 1. The fraction of sp³-hybridized carbons (Fsp3) is 0.182. The average Bonchev–Trinajstić information content (AvgIpc) is 2.69. The van der Waals surface area contributed by atoms with E-state index in [9.17, 15) is 14.4 Å². The Kier molecular flexibility index (Phi) is 4.61. The van der Waals surface area contributed by atoms with E-state index in [0.717, 1.165) is 5.56 Å². The van der Waals surface area contributed by atoms with Gasteiger partial charge in [0.15, 0.2) is 5.78 Å². The van der Waals surface area contributed by atoms with Crippen molar-refractivity contribution in [2.45, 2.75) is 26.2 Å². The number of carbonyl (C=O) groups is 2. The van der Waals surface area contributed by atoms with Crippen LogP contribution in [0.4, 0.5) is 5.82 Å². The Morgan fingerprint density at radius 3 is 2.57 bits per heavy atom. The number of hydrogen-bond acceptors (Lipinski definition) is 4. The van der Waals surface area contributed by atoms with Gasteiger partial charge in [0.2, 0.25) is 0 Å². The molecular weight excluding hydrogens is 354 g/mol. The fourth-order valence-corrected chi connectivity index (χ4v) is 3.44. The zero-order valence-electron chi connectivity index (χ0n) is 15.4. The van der Waals surface area contributed by atoms with Crippen molar-refractivity contribution in [2.75, 3.05) is 5.32 Å². The third-order valence-electron chi connectivity index (χ3n) is 4.86. The van der Waals surface area contributed by atoms with E-state index in [1.165, 1.54) is 10.6 Å². The average molecular weight is 373 g/mol. The molecular formula is C22H19N3O3. The predicted octanol–water partition coefficient (Wildman–Crippen LogP) is 3.31. The lowest BCUT2D eigenvalue weighted by Crippen LogP contribution is -2.33. The largest absolute Gasteiger partial charge is 0.306 e. The van der Waals surface area contributed by atoms with Gasteiger partial charge in [0.1, 0.15) is 11.4 Å². The van der Waals surface area contributed by atoms with E-state index in [1.54, 1.807) is 24.4 Å². The van der Waals surface area contributed by atoms with Gasteiger partial charge in [-0.3, -0.25) is 19.0 Å². The number of ketones is 1. The van der Waals surface area contributed by atoms with E-state index in [0.29, 0.717) is 42.0 Å². The highest BCUT2D eigenvalue weighted by atomic mass is 16.2. The van der Waals surface area contributed by atoms with Crippen LogP contribution in [0.5, 0.6) is 0 Å². The van der Waals surface area contributed by atoms with E-state index in [-0.39, 0.29) is 11.3 Å². The first-order valence-corrected chi connectivity index (χ1v) is 9.16. The lowest BCUT2D eigenvalue weighted by molar-refractivity contribution is 0.0971. The first kappa shape index (κ1) is 17.9. The van der Waals surface area contributed by atoms with E-state index < -0.39 is 11.5 Å². The molecule has 4 rings (SSSR count). The summed E-state index contributed by atoms with van der Waals surface area (Å²) >= 11 is 0. The molecule has 6 nitrogen and oxygen atoms in total. The van der Waals surface area contributed by atoms with E-state index >= 15 is 0 Å². The molecule has 0 saturated heterocycles. The number of fused-ring (bicyclic) bond motifs is 1. The maximum Gasteiger partial charge on any atom is 0.268 e. The lowest BCUT2D eigenvalue weighted by atomic mass is 9.92. The van der Waals surface area contributed by atoms with Crippen molar-refractivity contribution in [3.63, 3.8) is 0 Å². The first-order chi connectivity index (χ1) is 13.5. The molecule has 1 aliphatic carbocycles. The molecule has 6 heteroatoms. The van der Waals surface area contributed by atoms with E-state index in [1.807, 2.05) is 31.2 Å². The third kappa shape index (κ3) is 3.24. The van der Waals surface area contributed by atoms with Gasteiger partial charge < -0.3 is 5.32 Å². The molecule has 0 atom stereocenters. The standard InChI is InChI=1S/C22H19N3O3/c1-14-8-10-15(11-9-14)25-18-5-4-6-19(26)16(18)13-17(22(25)28)21(27)24-20-7-2-3-12-23-20/h2-3,7-13H,4-6H2,1H3,(H,23,24,27). The number of carbonyl (C=O) groups excluding carboxylic acids is 2. The number of benzene rings is 1. The molecule has 0 spiro atoms. The van der Waals surface area contributed by atoms with Crippen LogP contribution in [-0.4, -0.2) is 21.2 Å². The van der Waals surface area contributed by atoms with Crippen molar-refractivity contribution in [1.82, 2.24) is 9.55 Å². The molecule has 1 aliphatic rings. The summed E-state index contributed by atoms with van der Waals surface area (Å²) in [6, 6.07) is 14.0. The van der Waals surface area contributed by atoms with Crippen LogP contribution in [0.2, 0.25) is 0 Å². The summed E-state index contributed by atoms with van der Waals surface area (Å²) in [5.41, 5.74) is 2.31. The predicted molar refractivity (Wildman–Crippen MR) is 106 cm³/mol. The van der Waals surface area contributed by atoms with Crippen molar-refractivity contribution in [2.24, 2.45) is 0 Å². The Labute approximate surface area is 161 Å². The molecule has 0 saturated carbocycles. The number of amides is 1. The summed E-state index contributed by atoms with van der Waals surface area (Å²) in [5, 5.41) is 2.63. The summed E-state index contributed by atoms with van der Waals surface area (Å²) < 4.78 is 1.50. The lowest BCUT2D eigenvalue weighted by Gasteiger charge is -2.21. The zero-order valence-corrected chi connectivity index (χ0v) is 15.4. The molecule has 0 aliphatic heterocycles. The molecule has 0 bridgehead atoms. The van der Waals surface area contributed by atoms with Gasteiger partial charge in [-0.2, -0.15) is 0 Å². The summed E-state index contributed by atoms with van der Waals surface area (Å²) in [6.45, 7) is 1.96. The molecule has 2 heterocycles. The van der Waals surface area contributed by atoms with Gasteiger partial charge >= 0.3 is 0 Å². The second-order valence-electron chi connectivity index (χ2n) is 6.84. The van der Waals surface area contributed by atoms with Gasteiger partial charge in [-0.1, -0.05) is 23.8 Å². The Hall–Kier alpha value is -3.54. The Bertz CT molecular complexity index is 1120. The summed E-state index contributed by atoms with van der Waals surface area (Å²) in [4.78, 5) is 42.6. The number of Topliss-reactive ketones (excluding diaryl/α,β-unsaturated/α-hetero) is 1. The molecule has 1 N–H and O–H groups in total. The number of pyridine rings is 2. The highest BCUT2D eigenvalue weighted by molar-refractivity contribution is 6.06. The van der Waals surface area contributed by atoms with Crippen LogP contribution in [0.15, 0.2) is 59.5 Å². The Morgan fingerprint density at radius 2 is 1.86 bits per heavy atom. The summed E-state index contributed by atoms with van der Waals surface area (Å²) in [6.07, 6.45) is 3.28. The maximum atomic E-state index is 13.2. The van der Waals surface area contributed by atoms with Gasteiger partial charge in [0, 0.05) is 29.6 Å². The molecule has 140 valence electrons. The van der Waals surface area contributed by atoms with Gasteiger partial charge in [-0.25, -0.2) is 4.98 Å². The monoisotopic (exact) mass is 373 g/mol. The second kappa shape index (κ2) is 7.23. The minimum atomic E-state index is -0.578. The quantitative estimate of drug-likeness (QED) is 0.764. The SMILES string of the molecule is Cc1ccc(-n2c3c(cc(C(=O)Nc4ccccn4)c2=O)C(=O)CCC3)cc1. The van der Waals surface area contributed by atoms with Crippen LogP contribution in [0.25, 0.3) is 5.69 Å². The minimum absolute atomic E-state index is 0.0472. The molecule has 1 amide bonds. The van der Waals surface area contributed by atoms with Crippen molar-refractivity contribution in [3.05, 3.63) is 87.5 Å². The number of aromatic nitrogens is 2. The highest BCUT2D eigenvalue weighted by Crippen LogP contribution is 2.24. The number of aryl methyl sites for hydroxylation is 1. The highest BCUT2D eigenvalue weighted by Gasteiger charge is 2.26. The van der Waals surface area contributed by atoms with Crippen LogP contribution >= 0.6 is 0 Å². The molecule has 0 unspecified atom stereocenters. The van der Waals surface area contributed by atoms with Gasteiger partial charge in [-0.15, -0.1) is 0 Å². The van der Waals surface area contributed by atoms with Crippen LogP contribution < -0.4 is 10.9 Å². The maximum absolute atomic E-state index is 13.2. The van der Waals surface area contributed by atoms with E-state index in [2.05, 4.69) is 10.3 Å². The molecule has 0 radical (unpaired) electrons.